The number of nitrogens with zero attached hydrogens (tertiary/aromatic N) is 1. The average molecular weight is 503 g/mol. The first kappa shape index (κ1) is 21.7. The molecule has 4 aromatic rings. The van der Waals surface area contributed by atoms with Crippen molar-refractivity contribution < 1.29 is 4.57 Å². The molecular weight excluding hydrogens is 465 g/mol. The molecule has 3 aromatic carbocycles. The van der Waals surface area contributed by atoms with E-state index in [1.807, 2.05) is 0 Å². The highest BCUT2D eigenvalue weighted by molar-refractivity contribution is 7.73. The molecule has 0 radical (unpaired) electrons. The highest BCUT2D eigenvalue weighted by atomic mass is 31.1. The first-order valence-electron chi connectivity index (χ1n) is 14.8. The summed E-state index contributed by atoms with van der Waals surface area (Å²) >= 11 is 0. The molecule has 0 spiro atoms. The lowest BCUT2D eigenvalue weighted by molar-refractivity contribution is -0.659. The first-order chi connectivity index (χ1) is 18.0. The third kappa shape index (κ3) is 2.73. The van der Waals surface area contributed by atoms with E-state index in [0.29, 0.717) is 5.41 Å². The molecule has 4 saturated carbocycles. The first-order valence-corrected chi connectivity index (χ1v) is 16.6. The molecule has 4 fully saturated rings. The molecule has 2 heterocycles. The number of hydrogen-bond acceptors (Lipinski definition) is 0. The third-order valence-corrected chi connectivity index (χ3v) is 13.7. The Morgan fingerprint density at radius 1 is 0.919 bits per heavy atom. The Kier molecular flexibility index (Phi) is 4.24. The van der Waals surface area contributed by atoms with Gasteiger partial charge in [-0.2, -0.15) is 0 Å². The van der Waals surface area contributed by atoms with E-state index in [1.165, 1.54) is 79.8 Å². The molecule has 10 rings (SSSR count). The number of aromatic nitrogens is 1. The van der Waals surface area contributed by atoms with Crippen molar-refractivity contribution in [3.05, 3.63) is 64.8 Å². The highest BCUT2D eigenvalue weighted by Crippen LogP contribution is 2.61. The van der Waals surface area contributed by atoms with Crippen molar-refractivity contribution in [3.8, 4) is 11.3 Å². The molecule has 1 nitrogen and oxygen atoms in total. The van der Waals surface area contributed by atoms with Gasteiger partial charge in [-0.25, -0.2) is 4.57 Å². The number of benzene rings is 3. The van der Waals surface area contributed by atoms with Gasteiger partial charge < -0.3 is 0 Å². The van der Waals surface area contributed by atoms with Gasteiger partial charge in [0.1, 0.15) is 7.05 Å². The van der Waals surface area contributed by atoms with E-state index in [0.717, 1.165) is 17.8 Å². The number of pyridine rings is 1. The third-order valence-electron chi connectivity index (χ3n) is 11.4. The summed E-state index contributed by atoms with van der Waals surface area (Å²) in [5.74, 6) is 2.97. The zero-order chi connectivity index (χ0) is 24.6. The molecule has 5 aliphatic carbocycles. The molecule has 0 saturated heterocycles. The van der Waals surface area contributed by atoms with Crippen molar-refractivity contribution in [2.75, 3.05) is 6.66 Å². The maximum atomic E-state index is 2.76. The van der Waals surface area contributed by atoms with Crippen molar-refractivity contribution >= 4 is 40.1 Å². The zero-order valence-electron chi connectivity index (χ0n) is 22.5. The van der Waals surface area contributed by atoms with E-state index >= 15 is 0 Å². The van der Waals surface area contributed by atoms with Crippen LogP contribution in [0.25, 0.3) is 32.8 Å². The fraction of sp³-hybridized carbons (Fsp3) is 0.457. The summed E-state index contributed by atoms with van der Waals surface area (Å²) in [6, 6.07) is 14.9. The summed E-state index contributed by atoms with van der Waals surface area (Å²) in [7, 11) is 1.89. The maximum absolute atomic E-state index is 2.76. The second-order valence-electron chi connectivity index (χ2n) is 13.5. The molecule has 1 aromatic heterocycles. The Morgan fingerprint density at radius 3 is 2.43 bits per heavy atom. The summed E-state index contributed by atoms with van der Waals surface area (Å²) in [5.41, 5.74) is 9.99. The molecule has 1 unspecified atom stereocenters. The van der Waals surface area contributed by atoms with Gasteiger partial charge in [0.2, 0.25) is 5.69 Å². The van der Waals surface area contributed by atoms with Crippen LogP contribution in [0.3, 0.4) is 0 Å². The smallest absolute Gasteiger partial charge is 0.200 e. The lowest BCUT2D eigenvalue weighted by Crippen LogP contribution is -2.48. The highest BCUT2D eigenvalue weighted by Gasteiger charge is 2.52. The predicted molar refractivity (Wildman–Crippen MR) is 157 cm³/mol. The van der Waals surface area contributed by atoms with Gasteiger partial charge in [-0.3, -0.25) is 0 Å². The van der Waals surface area contributed by atoms with Crippen LogP contribution in [0.4, 0.5) is 0 Å². The summed E-state index contributed by atoms with van der Waals surface area (Å²) in [6.45, 7) is 5.01. The van der Waals surface area contributed by atoms with Crippen LogP contribution >= 0.6 is 7.92 Å². The van der Waals surface area contributed by atoms with Crippen LogP contribution in [-0.4, -0.2) is 6.66 Å². The molecular formula is C35H37NP+. The van der Waals surface area contributed by atoms with E-state index in [-0.39, 0.29) is 0 Å². The SMILES string of the molecule is Cc1c2c(c3c4c(cccc14)CCC3)P(C)c1cc(C34CC5CC(CC(C5)C3)C4)cc3cc[n+](C)c-2c13. The van der Waals surface area contributed by atoms with Gasteiger partial charge in [0, 0.05) is 6.07 Å². The summed E-state index contributed by atoms with van der Waals surface area (Å²) < 4.78 is 2.44. The Labute approximate surface area is 222 Å². The number of rotatable bonds is 1. The van der Waals surface area contributed by atoms with Gasteiger partial charge in [-0.1, -0.05) is 24.3 Å². The van der Waals surface area contributed by atoms with E-state index in [9.17, 15) is 0 Å². The van der Waals surface area contributed by atoms with Crippen molar-refractivity contribution in [2.45, 2.75) is 70.1 Å². The van der Waals surface area contributed by atoms with Gasteiger partial charge in [0.05, 0.1) is 10.9 Å². The monoisotopic (exact) mass is 502 g/mol. The van der Waals surface area contributed by atoms with Crippen molar-refractivity contribution in [2.24, 2.45) is 24.8 Å². The molecule has 6 aliphatic rings. The van der Waals surface area contributed by atoms with E-state index in [2.05, 4.69) is 67.8 Å². The van der Waals surface area contributed by atoms with Crippen LogP contribution in [0.1, 0.15) is 67.2 Å². The molecule has 2 heteroatoms. The summed E-state index contributed by atoms with van der Waals surface area (Å²) in [5, 5.41) is 9.55. The zero-order valence-corrected chi connectivity index (χ0v) is 23.4. The minimum atomic E-state index is -0.390. The Balaban J connectivity index is 1.36. The maximum Gasteiger partial charge on any atom is 0.221 e. The minimum absolute atomic E-state index is 0.390. The fourth-order valence-electron chi connectivity index (χ4n) is 10.4. The van der Waals surface area contributed by atoms with E-state index in [1.54, 1.807) is 43.6 Å². The quantitative estimate of drug-likeness (QED) is 0.193. The van der Waals surface area contributed by atoms with E-state index < -0.39 is 7.92 Å². The average Bonchev–Trinajstić information content (AvgIpc) is 2.89. The Bertz CT molecular complexity index is 1640. The van der Waals surface area contributed by atoms with Crippen molar-refractivity contribution in [1.82, 2.24) is 0 Å². The Morgan fingerprint density at radius 2 is 1.68 bits per heavy atom. The largest absolute Gasteiger partial charge is 0.221 e. The summed E-state index contributed by atoms with van der Waals surface area (Å²) in [6.07, 6.45) is 15.0. The van der Waals surface area contributed by atoms with Gasteiger partial charge in [0.15, 0.2) is 6.20 Å². The van der Waals surface area contributed by atoms with Crippen molar-refractivity contribution in [1.29, 1.82) is 0 Å². The van der Waals surface area contributed by atoms with Crippen LogP contribution < -0.4 is 15.2 Å². The molecule has 0 N–H and O–H groups in total. The molecule has 0 amide bonds. The molecule has 37 heavy (non-hydrogen) atoms. The van der Waals surface area contributed by atoms with Gasteiger partial charge in [-0.15, -0.1) is 0 Å². The van der Waals surface area contributed by atoms with Gasteiger partial charge in [-0.05, 0) is 158 Å². The fourth-order valence-corrected chi connectivity index (χ4v) is 12.7. The van der Waals surface area contributed by atoms with E-state index in [4.69, 9.17) is 0 Å². The second-order valence-corrected chi connectivity index (χ2v) is 15.6. The topological polar surface area (TPSA) is 3.88 Å². The standard InChI is InChI=1S/C35H37NP/c1-20-27-8-4-6-24-7-5-9-28(31(24)27)34-30(20)33-32-25(10-11-36(33)2)15-26(16-29(32)37(34)3)35-17-21-12-22(18-35)14-23(13-21)19-35/h4,6,8,10-11,15-16,21-23H,5,7,9,12-14,17-19H2,1-3H3/q+1. The van der Waals surface area contributed by atoms with Crippen molar-refractivity contribution in [3.63, 3.8) is 0 Å². The molecule has 186 valence electrons. The Hall–Kier alpha value is -2.24. The lowest BCUT2D eigenvalue weighted by atomic mass is 9.48. The predicted octanol–water partition coefficient (Wildman–Crippen LogP) is 7.13. The second kappa shape index (κ2) is 7.24. The lowest BCUT2D eigenvalue weighted by Gasteiger charge is -2.57. The molecule has 1 atom stereocenters. The molecule has 1 aliphatic heterocycles. The normalized spacial score (nSPS) is 30.8. The summed E-state index contributed by atoms with van der Waals surface area (Å²) in [4.78, 5) is 0. The van der Waals surface area contributed by atoms with Crippen LogP contribution in [0.2, 0.25) is 0 Å². The minimum Gasteiger partial charge on any atom is -0.200 e. The van der Waals surface area contributed by atoms with Crippen LogP contribution in [0.15, 0.2) is 42.6 Å². The molecule has 4 bridgehead atoms. The van der Waals surface area contributed by atoms with Gasteiger partial charge >= 0.3 is 0 Å². The van der Waals surface area contributed by atoms with Crippen LogP contribution in [0, 0.1) is 24.7 Å². The van der Waals surface area contributed by atoms with Gasteiger partial charge in [0.25, 0.3) is 0 Å². The number of fused-ring (bicyclic) bond motifs is 3. The number of aryl methyl sites for hydroxylation is 4. The van der Waals surface area contributed by atoms with Crippen LogP contribution in [-0.2, 0) is 25.3 Å². The van der Waals surface area contributed by atoms with Crippen LogP contribution in [0.5, 0.6) is 0 Å². The number of hydrogen-bond donors (Lipinski definition) is 0.